The Kier molecular flexibility index (Phi) is 3.82. The Morgan fingerprint density at radius 3 is 2.38 bits per heavy atom. The van der Waals surface area contributed by atoms with Crippen LogP contribution in [0, 0.1) is 5.82 Å². The summed E-state index contributed by atoms with van der Waals surface area (Å²) in [4.78, 5) is 0. The topological polar surface area (TPSA) is 48.2 Å². The summed E-state index contributed by atoms with van der Waals surface area (Å²) in [5, 5.41) is 8.56. The van der Waals surface area contributed by atoms with Gasteiger partial charge in [-0.05, 0) is 36.0 Å². The fraction of sp³-hybridized carbons (Fsp3) is 0.333. The van der Waals surface area contributed by atoms with Crippen LogP contribution in [0.5, 0.6) is 0 Å². The maximum atomic E-state index is 14.0. The van der Waals surface area contributed by atoms with Crippen molar-refractivity contribution in [3.05, 3.63) is 83.3 Å². The number of hydrogen-bond donors (Lipinski definition) is 0. The molecule has 2 aliphatic rings. The molecule has 5 rings (SSSR count). The first-order valence-corrected chi connectivity index (χ1v) is 9.05. The van der Waals surface area contributed by atoms with E-state index in [4.69, 9.17) is 9.15 Å². The minimum Gasteiger partial charge on any atom is -0.425 e. The third-order valence-electron chi connectivity index (χ3n) is 5.41. The van der Waals surface area contributed by atoms with E-state index in [0.717, 1.165) is 24.0 Å². The summed E-state index contributed by atoms with van der Waals surface area (Å²) < 4.78 is 25.9. The number of aromatic nitrogens is 2. The number of rotatable bonds is 4. The van der Waals surface area contributed by atoms with Crippen molar-refractivity contribution in [1.29, 1.82) is 0 Å². The van der Waals surface area contributed by atoms with E-state index >= 15 is 0 Å². The molecule has 4 nitrogen and oxygen atoms in total. The van der Waals surface area contributed by atoms with E-state index in [1.165, 1.54) is 6.07 Å². The van der Waals surface area contributed by atoms with Gasteiger partial charge in [-0.25, -0.2) is 4.39 Å². The van der Waals surface area contributed by atoms with Gasteiger partial charge >= 0.3 is 0 Å². The summed E-state index contributed by atoms with van der Waals surface area (Å²) in [6, 6.07) is 17.1. The predicted molar refractivity (Wildman–Crippen MR) is 93.3 cm³/mol. The molecule has 0 unspecified atom stereocenters. The van der Waals surface area contributed by atoms with Gasteiger partial charge in [-0.15, -0.1) is 10.2 Å². The lowest BCUT2D eigenvalue weighted by Gasteiger charge is -2.15. The minimum absolute atomic E-state index is 0.0499. The lowest BCUT2D eigenvalue weighted by atomic mass is 9.95. The number of halogens is 1. The molecule has 1 aliphatic carbocycles. The standard InChI is InChI=1S/C21H19FN2O2/c22-18-9-5-4-8-14(18)16-12-17(16)21-24-23-20(26-21)15-10-11-25-19(15)13-6-2-1-3-7-13/h1-9,15-17,19H,10-12H2/t15-,16+,17-,19+/m0/s1. The zero-order valence-electron chi connectivity index (χ0n) is 14.2. The molecule has 1 saturated heterocycles. The van der Waals surface area contributed by atoms with E-state index in [1.54, 1.807) is 6.07 Å². The van der Waals surface area contributed by atoms with E-state index in [9.17, 15) is 4.39 Å². The van der Waals surface area contributed by atoms with Gasteiger partial charge in [0.1, 0.15) is 5.82 Å². The van der Waals surface area contributed by atoms with Crippen LogP contribution in [0.25, 0.3) is 0 Å². The highest BCUT2D eigenvalue weighted by Crippen LogP contribution is 2.55. The fourth-order valence-corrected chi connectivity index (χ4v) is 3.95. The van der Waals surface area contributed by atoms with E-state index in [1.807, 2.05) is 30.3 Å². The average molecular weight is 350 g/mol. The second-order valence-electron chi connectivity index (χ2n) is 7.05. The highest BCUT2D eigenvalue weighted by Gasteiger charge is 2.45. The largest absolute Gasteiger partial charge is 0.425 e. The van der Waals surface area contributed by atoms with Crippen molar-refractivity contribution in [1.82, 2.24) is 10.2 Å². The summed E-state index contributed by atoms with van der Waals surface area (Å²) in [6.07, 6.45) is 1.67. The van der Waals surface area contributed by atoms with Crippen molar-refractivity contribution in [3.8, 4) is 0 Å². The molecule has 1 aromatic heterocycles. The Morgan fingerprint density at radius 1 is 0.846 bits per heavy atom. The van der Waals surface area contributed by atoms with Gasteiger partial charge in [0, 0.05) is 12.5 Å². The molecule has 4 atom stereocenters. The molecule has 0 amide bonds. The molecule has 2 heterocycles. The highest BCUT2D eigenvalue weighted by atomic mass is 19.1. The van der Waals surface area contributed by atoms with Gasteiger partial charge in [-0.2, -0.15) is 0 Å². The molecule has 3 aromatic rings. The maximum Gasteiger partial charge on any atom is 0.222 e. The van der Waals surface area contributed by atoms with Crippen LogP contribution in [-0.2, 0) is 4.74 Å². The quantitative estimate of drug-likeness (QED) is 0.683. The molecule has 0 N–H and O–H groups in total. The molecule has 0 bridgehead atoms. The van der Waals surface area contributed by atoms with E-state index in [-0.39, 0.29) is 29.7 Å². The van der Waals surface area contributed by atoms with Crippen molar-refractivity contribution in [2.45, 2.75) is 36.7 Å². The monoisotopic (exact) mass is 350 g/mol. The second kappa shape index (κ2) is 6.32. The highest BCUT2D eigenvalue weighted by molar-refractivity contribution is 5.32. The third kappa shape index (κ3) is 2.72. The predicted octanol–water partition coefficient (Wildman–Crippen LogP) is 4.73. The lowest BCUT2D eigenvalue weighted by Crippen LogP contribution is -2.06. The van der Waals surface area contributed by atoms with Gasteiger partial charge in [0.2, 0.25) is 11.8 Å². The van der Waals surface area contributed by atoms with Crippen molar-refractivity contribution in [2.75, 3.05) is 6.61 Å². The van der Waals surface area contributed by atoms with Crippen molar-refractivity contribution in [3.63, 3.8) is 0 Å². The van der Waals surface area contributed by atoms with Crippen LogP contribution in [0.15, 0.2) is 59.0 Å². The number of hydrogen-bond acceptors (Lipinski definition) is 4. The van der Waals surface area contributed by atoms with Crippen LogP contribution < -0.4 is 0 Å². The number of ether oxygens (including phenoxy) is 1. The molecule has 2 aromatic carbocycles. The molecular formula is C21H19FN2O2. The van der Waals surface area contributed by atoms with E-state index < -0.39 is 0 Å². The molecular weight excluding hydrogens is 331 g/mol. The summed E-state index contributed by atoms with van der Waals surface area (Å²) >= 11 is 0. The first-order valence-electron chi connectivity index (χ1n) is 9.05. The number of nitrogens with zero attached hydrogens (tertiary/aromatic N) is 2. The minimum atomic E-state index is -0.159. The van der Waals surface area contributed by atoms with Crippen LogP contribution in [0.2, 0.25) is 0 Å². The van der Waals surface area contributed by atoms with Crippen LogP contribution in [0.4, 0.5) is 4.39 Å². The smallest absolute Gasteiger partial charge is 0.222 e. The van der Waals surface area contributed by atoms with Gasteiger partial charge < -0.3 is 9.15 Å². The molecule has 0 spiro atoms. The summed E-state index contributed by atoms with van der Waals surface area (Å²) in [7, 11) is 0. The fourth-order valence-electron chi connectivity index (χ4n) is 3.95. The molecule has 1 saturated carbocycles. The van der Waals surface area contributed by atoms with Gasteiger partial charge in [0.15, 0.2) is 0 Å². The Balaban J connectivity index is 1.36. The van der Waals surface area contributed by atoms with Crippen LogP contribution >= 0.6 is 0 Å². The van der Waals surface area contributed by atoms with Gasteiger partial charge in [0.05, 0.1) is 12.0 Å². The summed E-state index contributed by atoms with van der Waals surface area (Å²) in [6.45, 7) is 0.684. The SMILES string of the molecule is Fc1ccccc1[C@H]1C[C@@H]1c1nnc([C@H]2CCO[C@@H]2c2ccccc2)o1. The molecule has 132 valence electrons. The first kappa shape index (κ1) is 15.7. The summed E-state index contributed by atoms with van der Waals surface area (Å²) in [5.74, 6) is 1.41. The normalized spacial score (nSPS) is 27.6. The van der Waals surface area contributed by atoms with E-state index in [0.29, 0.717) is 18.4 Å². The van der Waals surface area contributed by atoms with Gasteiger partial charge in [-0.1, -0.05) is 48.5 Å². The second-order valence-corrected chi connectivity index (χ2v) is 7.05. The van der Waals surface area contributed by atoms with Gasteiger partial charge in [-0.3, -0.25) is 0 Å². The average Bonchev–Trinajstić information content (AvgIpc) is 3.08. The Morgan fingerprint density at radius 2 is 1.58 bits per heavy atom. The van der Waals surface area contributed by atoms with Crippen molar-refractivity contribution >= 4 is 0 Å². The summed E-state index contributed by atoms with van der Waals surface area (Å²) in [5.41, 5.74) is 1.87. The zero-order chi connectivity index (χ0) is 17.5. The molecule has 1 aliphatic heterocycles. The molecule has 2 fully saturated rings. The van der Waals surface area contributed by atoms with Gasteiger partial charge in [0.25, 0.3) is 0 Å². The lowest BCUT2D eigenvalue weighted by molar-refractivity contribution is 0.0997. The molecule has 26 heavy (non-hydrogen) atoms. The maximum absolute atomic E-state index is 14.0. The molecule has 0 radical (unpaired) electrons. The Hall–Kier alpha value is -2.53. The van der Waals surface area contributed by atoms with Crippen LogP contribution in [-0.4, -0.2) is 16.8 Å². The van der Waals surface area contributed by atoms with Crippen molar-refractivity contribution in [2.24, 2.45) is 0 Å². The molecule has 5 heteroatoms. The van der Waals surface area contributed by atoms with Crippen LogP contribution in [0.3, 0.4) is 0 Å². The van der Waals surface area contributed by atoms with Crippen molar-refractivity contribution < 1.29 is 13.5 Å². The zero-order valence-corrected chi connectivity index (χ0v) is 14.2. The Bertz CT molecular complexity index is 911. The first-order chi connectivity index (χ1) is 12.8. The third-order valence-corrected chi connectivity index (χ3v) is 5.41. The number of benzene rings is 2. The van der Waals surface area contributed by atoms with E-state index in [2.05, 4.69) is 22.3 Å². The Labute approximate surface area is 151 Å². The van der Waals surface area contributed by atoms with Crippen LogP contribution in [0.1, 0.15) is 59.6 Å².